The van der Waals surface area contributed by atoms with Crippen LogP contribution in [0.15, 0.2) is 48.1 Å². The number of piperidine rings is 1. The predicted octanol–water partition coefficient (Wildman–Crippen LogP) is 4.81. The van der Waals surface area contributed by atoms with Gasteiger partial charge < -0.3 is 10.2 Å². The fraction of sp³-hybridized carbons (Fsp3) is 0.238. The van der Waals surface area contributed by atoms with E-state index >= 15 is 0 Å². The number of halogens is 1. The number of fused-ring (bicyclic) bond motifs is 1. The standard InChI is InChI=1S/C21H18FN5OS2/c22-15-3-4-16-18(10-15)30-21(25-16)27-8-5-13(6-9-27)19(28)26-20-24-17(12-29-20)14-2-1-7-23-11-14/h1-4,7,10-13H,5-6,8-9H2,(H,24,26,28). The number of amides is 1. The lowest BCUT2D eigenvalue weighted by atomic mass is 9.96. The molecule has 0 spiro atoms. The van der Waals surface area contributed by atoms with Crippen LogP contribution in [0.3, 0.4) is 0 Å². The molecule has 152 valence electrons. The van der Waals surface area contributed by atoms with Gasteiger partial charge in [0.25, 0.3) is 0 Å². The van der Waals surface area contributed by atoms with Gasteiger partial charge >= 0.3 is 0 Å². The zero-order valence-corrected chi connectivity index (χ0v) is 17.5. The third kappa shape index (κ3) is 3.90. The Morgan fingerprint density at radius 1 is 1.20 bits per heavy atom. The number of pyridine rings is 1. The van der Waals surface area contributed by atoms with E-state index in [0.29, 0.717) is 5.13 Å². The Balaban J connectivity index is 1.20. The molecular weight excluding hydrogens is 421 g/mol. The molecule has 1 aromatic carbocycles. The molecule has 0 radical (unpaired) electrons. The van der Waals surface area contributed by atoms with Gasteiger partial charge in [0.15, 0.2) is 10.3 Å². The second kappa shape index (κ2) is 8.08. The van der Waals surface area contributed by atoms with Gasteiger partial charge in [0.2, 0.25) is 5.91 Å². The monoisotopic (exact) mass is 439 g/mol. The molecule has 1 aliphatic heterocycles. The number of aromatic nitrogens is 3. The molecule has 3 aromatic heterocycles. The number of benzene rings is 1. The van der Waals surface area contributed by atoms with Crippen LogP contribution in [-0.4, -0.2) is 33.9 Å². The van der Waals surface area contributed by atoms with Crippen LogP contribution in [0.2, 0.25) is 0 Å². The van der Waals surface area contributed by atoms with E-state index in [1.54, 1.807) is 18.5 Å². The molecule has 5 rings (SSSR count). The van der Waals surface area contributed by atoms with Crippen LogP contribution in [0.4, 0.5) is 14.7 Å². The van der Waals surface area contributed by atoms with Gasteiger partial charge in [-0.2, -0.15) is 0 Å². The first kappa shape index (κ1) is 19.1. The molecule has 6 nitrogen and oxygen atoms in total. The number of hydrogen-bond donors (Lipinski definition) is 1. The number of carbonyl (C=O) groups is 1. The zero-order chi connectivity index (χ0) is 20.5. The number of thiazole rings is 2. The minimum absolute atomic E-state index is 0.00751. The molecule has 0 atom stereocenters. The van der Waals surface area contributed by atoms with Crippen LogP contribution in [0, 0.1) is 11.7 Å². The van der Waals surface area contributed by atoms with E-state index in [9.17, 15) is 9.18 Å². The van der Waals surface area contributed by atoms with Gasteiger partial charge in [-0.05, 0) is 43.2 Å². The van der Waals surface area contributed by atoms with Crippen LogP contribution in [-0.2, 0) is 4.79 Å². The number of anilines is 2. The van der Waals surface area contributed by atoms with E-state index in [-0.39, 0.29) is 17.6 Å². The summed E-state index contributed by atoms with van der Waals surface area (Å²) in [6.45, 7) is 1.50. The minimum atomic E-state index is -0.248. The molecule has 1 N–H and O–H groups in total. The first-order valence-electron chi connectivity index (χ1n) is 9.63. The zero-order valence-electron chi connectivity index (χ0n) is 15.9. The van der Waals surface area contributed by atoms with Gasteiger partial charge in [-0.15, -0.1) is 11.3 Å². The lowest BCUT2D eigenvalue weighted by molar-refractivity contribution is -0.120. The van der Waals surface area contributed by atoms with Gasteiger partial charge in [0, 0.05) is 42.3 Å². The second-order valence-corrected chi connectivity index (χ2v) is 9.01. The lowest BCUT2D eigenvalue weighted by Gasteiger charge is -2.30. The summed E-state index contributed by atoms with van der Waals surface area (Å²) in [5, 5.41) is 6.37. The Kier molecular flexibility index (Phi) is 5.14. The molecule has 0 bridgehead atoms. The summed E-state index contributed by atoms with van der Waals surface area (Å²) in [6.07, 6.45) is 4.97. The van der Waals surface area contributed by atoms with Gasteiger partial charge in [-0.1, -0.05) is 11.3 Å². The van der Waals surface area contributed by atoms with E-state index in [2.05, 4.69) is 25.2 Å². The molecule has 1 fully saturated rings. The van der Waals surface area contributed by atoms with Crippen molar-refractivity contribution in [1.82, 2.24) is 15.0 Å². The first-order chi connectivity index (χ1) is 14.7. The molecule has 0 saturated carbocycles. The SMILES string of the molecule is O=C(Nc1nc(-c2cccnc2)cs1)C1CCN(c2nc3ccc(F)cc3s2)CC1. The summed E-state index contributed by atoms with van der Waals surface area (Å²) in [6, 6.07) is 8.46. The Hall–Kier alpha value is -2.91. The number of nitrogens with one attached hydrogen (secondary N) is 1. The third-order valence-electron chi connectivity index (χ3n) is 5.17. The highest BCUT2D eigenvalue weighted by Gasteiger charge is 2.27. The average molecular weight is 440 g/mol. The van der Waals surface area contributed by atoms with Gasteiger partial charge in [0.1, 0.15) is 5.82 Å². The maximum Gasteiger partial charge on any atom is 0.229 e. The molecule has 4 aromatic rings. The van der Waals surface area contributed by atoms with E-state index in [1.807, 2.05) is 17.5 Å². The Labute approximate surface area is 180 Å². The molecule has 30 heavy (non-hydrogen) atoms. The van der Waals surface area contributed by atoms with Crippen molar-refractivity contribution >= 4 is 49.1 Å². The van der Waals surface area contributed by atoms with Crippen molar-refractivity contribution in [3.05, 3.63) is 53.9 Å². The Morgan fingerprint density at radius 2 is 2.07 bits per heavy atom. The van der Waals surface area contributed by atoms with Crippen molar-refractivity contribution in [2.75, 3.05) is 23.3 Å². The predicted molar refractivity (Wildman–Crippen MR) is 118 cm³/mol. The fourth-order valence-corrected chi connectivity index (χ4v) is 5.30. The molecule has 1 aliphatic rings. The molecule has 4 heterocycles. The smallest absolute Gasteiger partial charge is 0.229 e. The summed E-state index contributed by atoms with van der Waals surface area (Å²) >= 11 is 2.91. The lowest BCUT2D eigenvalue weighted by Crippen LogP contribution is -2.38. The maximum absolute atomic E-state index is 13.4. The number of hydrogen-bond acceptors (Lipinski definition) is 7. The van der Waals surface area contributed by atoms with Gasteiger partial charge in [0.05, 0.1) is 15.9 Å². The van der Waals surface area contributed by atoms with Crippen molar-refractivity contribution in [3.63, 3.8) is 0 Å². The van der Waals surface area contributed by atoms with Crippen LogP contribution in [0.5, 0.6) is 0 Å². The maximum atomic E-state index is 13.4. The minimum Gasteiger partial charge on any atom is -0.348 e. The van der Waals surface area contributed by atoms with Crippen LogP contribution < -0.4 is 10.2 Å². The molecule has 1 saturated heterocycles. The Morgan fingerprint density at radius 3 is 2.87 bits per heavy atom. The summed E-state index contributed by atoms with van der Waals surface area (Å²) < 4.78 is 14.3. The first-order valence-corrected chi connectivity index (χ1v) is 11.3. The van der Waals surface area contributed by atoms with Crippen LogP contribution in [0.1, 0.15) is 12.8 Å². The van der Waals surface area contributed by atoms with Crippen LogP contribution in [0.25, 0.3) is 21.5 Å². The molecular formula is C21H18FN5OS2. The van der Waals surface area contributed by atoms with E-state index in [1.165, 1.54) is 34.8 Å². The third-order valence-corrected chi connectivity index (χ3v) is 7.00. The molecule has 9 heteroatoms. The number of rotatable bonds is 4. The quantitative estimate of drug-likeness (QED) is 0.494. The van der Waals surface area contributed by atoms with Gasteiger partial charge in [-0.3, -0.25) is 9.78 Å². The van der Waals surface area contributed by atoms with E-state index in [0.717, 1.165) is 52.5 Å². The van der Waals surface area contributed by atoms with Crippen molar-refractivity contribution in [1.29, 1.82) is 0 Å². The summed E-state index contributed by atoms with van der Waals surface area (Å²) in [5.74, 6) is -0.297. The highest BCUT2D eigenvalue weighted by atomic mass is 32.1. The largest absolute Gasteiger partial charge is 0.348 e. The molecule has 0 unspecified atom stereocenters. The summed E-state index contributed by atoms with van der Waals surface area (Å²) in [5.41, 5.74) is 2.55. The van der Waals surface area contributed by atoms with Crippen molar-refractivity contribution < 1.29 is 9.18 Å². The summed E-state index contributed by atoms with van der Waals surface area (Å²) in [4.78, 5) is 28.1. The number of carbonyl (C=O) groups excluding carboxylic acids is 1. The average Bonchev–Trinajstić information content (AvgIpc) is 3.41. The van der Waals surface area contributed by atoms with E-state index < -0.39 is 0 Å². The normalized spacial score (nSPS) is 14.9. The fourth-order valence-electron chi connectivity index (χ4n) is 3.54. The van der Waals surface area contributed by atoms with Crippen molar-refractivity contribution in [2.45, 2.75) is 12.8 Å². The van der Waals surface area contributed by atoms with E-state index in [4.69, 9.17) is 0 Å². The van der Waals surface area contributed by atoms with Crippen LogP contribution >= 0.6 is 22.7 Å². The topological polar surface area (TPSA) is 71.0 Å². The number of nitrogens with zero attached hydrogens (tertiary/aromatic N) is 4. The van der Waals surface area contributed by atoms with Crippen molar-refractivity contribution in [2.24, 2.45) is 5.92 Å². The van der Waals surface area contributed by atoms with Gasteiger partial charge in [-0.25, -0.2) is 14.4 Å². The summed E-state index contributed by atoms with van der Waals surface area (Å²) in [7, 11) is 0. The molecule has 0 aliphatic carbocycles. The Bertz CT molecular complexity index is 1180. The molecule has 1 amide bonds. The highest BCUT2D eigenvalue weighted by molar-refractivity contribution is 7.22. The second-order valence-electron chi connectivity index (χ2n) is 7.14. The van der Waals surface area contributed by atoms with Crippen molar-refractivity contribution in [3.8, 4) is 11.3 Å². The highest BCUT2D eigenvalue weighted by Crippen LogP contribution is 2.32.